The molecule has 1 fully saturated rings. The number of hydrogen-bond donors (Lipinski definition) is 1. The Kier molecular flexibility index (Phi) is 6.22. The van der Waals surface area contributed by atoms with E-state index in [1.807, 2.05) is 32.0 Å². The van der Waals surface area contributed by atoms with Gasteiger partial charge in [-0.25, -0.2) is 0 Å². The van der Waals surface area contributed by atoms with Crippen LogP contribution in [0.1, 0.15) is 40.8 Å². The average Bonchev–Trinajstić information content (AvgIpc) is 3.10. The van der Waals surface area contributed by atoms with Crippen LogP contribution in [0.4, 0.5) is 5.69 Å². The first-order valence-electron chi connectivity index (χ1n) is 10.9. The summed E-state index contributed by atoms with van der Waals surface area (Å²) in [6.45, 7) is 4.97. The van der Waals surface area contributed by atoms with Crippen molar-refractivity contribution in [3.8, 4) is 11.8 Å². The highest BCUT2D eigenvalue weighted by Gasteiger charge is 2.47. The molecule has 1 amide bonds. The first-order chi connectivity index (χ1) is 16.7. The maximum Gasteiger partial charge on any atom is 0.308 e. The molecular weight excluding hydrogens is 444 g/mol. The Hall–Kier alpha value is -4.70. The molecule has 7 heteroatoms. The van der Waals surface area contributed by atoms with Crippen molar-refractivity contribution in [1.82, 2.24) is 0 Å². The van der Waals surface area contributed by atoms with E-state index in [1.54, 1.807) is 54.6 Å². The molecule has 0 aromatic heterocycles. The average molecular weight is 466 g/mol. The van der Waals surface area contributed by atoms with Gasteiger partial charge in [0.15, 0.2) is 0 Å². The van der Waals surface area contributed by atoms with Crippen molar-refractivity contribution in [2.75, 3.05) is 4.90 Å². The molecule has 0 radical (unpaired) electrons. The molecule has 7 nitrogen and oxygen atoms in total. The third-order valence-electron chi connectivity index (χ3n) is 5.82. The summed E-state index contributed by atoms with van der Waals surface area (Å²) in [6, 6.07) is 19.3. The smallest absolute Gasteiger partial charge is 0.308 e. The van der Waals surface area contributed by atoms with Crippen LogP contribution in [0.25, 0.3) is 5.76 Å². The van der Waals surface area contributed by atoms with Gasteiger partial charge in [-0.15, -0.1) is 0 Å². The van der Waals surface area contributed by atoms with Gasteiger partial charge in [-0.2, -0.15) is 5.26 Å². The van der Waals surface area contributed by atoms with E-state index in [0.717, 1.165) is 11.1 Å². The standard InChI is InChI=1S/C28H22N2O5/c1-16-4-5-17(2)23(14-16)26(32)24-25(20-8-12-22(13-9-20)35-18(3)31)30(28(34)27(24)33)21-10-6-19(15-29)7-11-21/h4-14,25,32H,1-3H3/b26-24+. The lowest BCUT2D eigenvalue weighted by Gasteiger charge is -2.25. The van der Waals surface area contributed by atoms with Gasteiger partial charge in [0, 0.05) is 18.2 Å². The van der Waals surface area contributed by atoms with E-state index < -0.39 is 23.7 Å². The number of aryl methyl sites for hydroxylation is 2. The minimum absolute atomic E-state index is 0.0479. The Morgan fingerprint density at radius 3 is 2.26 bits per heavy atom. The maximum atomic E-state index is 13.3. The number of esters is 1. The van der Waals surface area contributed by atoms with Crippen molar-refractivity contribution in [2.24, 2.45) is 0 Å². The van der Waals surface area contributed by atoms with Gasteiger partial charge >= 0.3 is 5.97 Å². The van der Waals surface area contributed by atoms with Crippen LogP contribution in [0, 0.1) is 25.2 Å². The SMILES string of the molecule is CC(=O)Oc1ccc(C2/C(=C(\O)c3cc(C)ccc3C)C(=O)C(=O)N2c2ccc(C#N)cc2)cc1. The van der Waals surface area contributed by atoms with Crippen LogP contribution >= 0.6 is 0 Å². The van der Waals surface area contributed by atoms with Crippen molar-refractivity contribution in [3.05, 3.63) is 100 Å². The van der Waals surface area contributed by atoms with Crippen molar-refractivity contribution in [2.45, 2.75) is 26.8 Å². The van der Waals surface area contributed by atoms with Gasteiger partial charge in [0.25, 0.3) is 11.7 Å². The molecule has 0 saturated carbocycles. The van der Waals surface area contributed by atoms with E-state index in [1.165, 1.54) is 11.8 Å². The summed E-state index contributed by atoms with van der Waals surface area (Å²) < 4.78 is 5.11. The summed E-state index contributed by atoms with van der Waals surface area (Å²) in [7, 11) is 0. The summed E-state index contributed by atoms with van der Waals surface area (Å²) >= 11 is 0. The van der Waals surface area contributed by atoms with E-state index in [-0.39, 0.29) is 11.3 Å². The van der Waals surface area contributed by atoms with Crippen LogP contribution in [0.2, 0.25) is 0 Å². The number of carbonyl (C=O) groups is 3. The van der Waals surface area contributed by atoms with Crippen LogP contribution in [-0.4, -0.2) is 22.8 Å². The van der Waals surface area contributed by atoms with Gasteiger partial charge in [-0.1, -0.05) is 29.8 Å². The van der Waals surface area contributed by atoms with Crippen molar-refractivity contribution >= 4 is 29.1 Å². The second-order valence-electron chi connectivity index (χ2n) is 8.31. The Morgan fingerprint density at radius 2 is 1.66 bits per heavy atom. The number of nitriles is 1. The zero-order valence-electron chi connectivity index (χ0n) is 19.4. The first kappa shape index (κ1) is 23.5. The minimum Gasteiger partial charge on any atom is -0.507 e. The number of anilines is 1. The lowest BCUT2D eigenvalue weighted by Crippen LogP contribution is -2.29. The number of nitrogens with zero attached hydrogens (tertiary/aromatic N) is 2. The number of Topliss-reactive ketones (excluding diaryl/α,β-unsaturated/α-hetero) is 1. The van der Waals surface area contributed by atoms with Gasteiger partial charge in [-0.3, -0.25) is 19.3 Å². The number of benzene rings is 3. The number of ether oxygens (including phenoxy) is 1. The summed E-state index contributed by atoms with van der Waals surface area (Å²) in [4.78, 5) is 39.2. The van der Waals surface area contributed by atoms with Crippen LogP contribution in [-0.2, 0) is 14.4 Å². The number of hydrogen-bond acceptors (Lipinski definition) is 6. The highest BCUT2D eigenvalue weighted by atomic mass is 16.5. The third-order valence-corrected chi connectivity index (χ3v) is 5.82. The van der Waals surface area contributed by atoms with Gasteiger partial charge in [0.1, 0.15) is 11.5 Å². The fourth-order valence-corrected chi connectivity index (χ4v) is 4.13. The Balaban J connectivity index is 1.92. The summed E-state index contributed by atoms with van der Waals surface area (Å²) in [5.74, 6) is -2.05. The first-order valence-corrected chi connectivity index (χ1v) is 10.9. The Bertz CT molecular complexity index is 1410. The molecule has 1 saturated heterocycles. The summed E-state index contributed by atoms with van der Waals surface area (Å²) in [5, 5.41) is 20.5. The molecule has 1 N–H and O–H groups in total. The molecule has 174 valence electrons. The molecule has 1 heterocycles. The third kappa shape index (κ3) is 4.42. The zero-order chi connectivity index (χ0) is 25.3. The molecule has 4 rings (SSSR count). The van der Waals surface area contributed by atoms with Crippen molar-refractivity contribution < 1.29 is 24.2 Å². The molecule has 1 aliphatic heterocycles. The number of amides is 1. The van der Waals surface area contributed by atoms with Crippen molar-refractivity contribution in [3.63, 3.8) is 0 Å². The van der Waals surface area contributed by atoms with Gasteiger partial charge in [0.05, 0.1) is 23.2 Å². The number of ketones is 1. The second-order valence-corrected chi connectivity index (χ2v) is 8.31. The predicted molar refractivity (Wildman–Crippen MR) is 130 cm³/mol. The van der Waals surface area contributed by atoms with Crippen molar-refractivity contribution in [1.29, 1.82) is 5.26 Å². The normalized spacial score (nSPS) is 16.7. The van der Waals surface area contributed by atoms with Crippen LogP contribution in [0.3, 0.4) is 0 Å². The zero-order valence-corrected chi connectivity index (χ0v) is 19.4. The number of carbonyl (C=O) groups excluding carboxylic acids is 3. The molecule has 3 aromatic rings. The molecule has 1 aliphatic rings. The molecule has 35 heavy (non-hydrogen) atoms. The van der Waals surface area contributed by atoms with E-state index in [2.05, 4.69) is 0 Å². The second kappa shape index (κ2) is 9.27. The van der Waals surface area contributed by atoms with Crippen LogP contribution in [0.5, 0.6) is 5.75 Å². The topological polar surface area (TPSA) is 108 Å². The molecule has 3 aromatic carbocycles. The van der Waals surface area contributed by atoms with Gasteiger partial charge in [-0.05, 0) is 67.4 Å². The largest absolute Gasteiger partial charge is 0.507 e. The van der Waals surface area contributed by atoms with E-state index in [4.69, 9.17) is 10.00 Å². The number of aliphatic hydroxyl groups is 1. The molecule has 0 bridgehead atoms. The van der Waals surface area contributed by atoms with E-state index >= 15 is 0 Å². The number of rotatable bonds is 4. The lowest BCUT2D eigenvalue weighted by molar-refractivity contribution is -0.132. The van der Waals surface area contributed by atoms with E-state index in [0.29, 0.717) is 28.1 Å². The Labute approximate surface area is 202 Å². The fraction of sp³-hybridized carbons (Fsp3) is 0.143. The molecule has 0 aliphatic carbocycles. The maximum absolute atomic E-state index is 13.3. The predicted octanol–water partition coefficient (Wildman–Crippen LogP) is 4.73. The van der Waals surface area contributed by atoms with Gasteiger partial charge in [0.2, 0.25) is 0 Å². The number of aliphatic hydroxyl groups excluding tert-OH is 1. The van der Waals surface area contributed by atoms with Gasteiger partial charge < -0.3 is 9.84 Å². The molecule has 1 atom stereocenters. The van der Waals surface area contributed by atoms with Crippen LogP contribution in [0.15, 0.2) is 72.3 Å². The highest BCUT2D eigenvalue weighted by molar-refractivity contribution is 6.51. The Morgan fingerprint density at radius 1 is 1.00 bits per heavy atom. The van der Waals surface area contributed by atoms with Crippen LogP contribution < -0.4 is 9.64 Å². The molecule has 1 unspecified atom stereocenters. The molecular formula is C28H22N2O5. The quantitative estimate of drug-likeness (QED) is 0.196. The minimum atomic E-state index is -0.936. The monoisotopic (exact) mass is 466 g/mol. The lowest BCUT2D eigenvalue weighted by atomic mass is 9.93. The van der Waals surface area contributed by atoms with E-state index in [9.17, 15) is 19.5 Å². The highest BCUT2D eigenvalue weighted by Crippen LogP contribution is 2.43. The summed E-state index contributed by atoms with van der Waals surface area (Å²) in [5.41, 5.74) is 3.40. The fourth-order valence-electron chi connectivity index (χ4n) is 4.13. The molecule has 0 spiro atoms. The summed E-state index contributed by atoms with van der Waals surface area (Å²) in [6.07, 6.45) is 0.